The zero-order valence-corrected chi connectivity index (χ0v) is 17.9. The molecule has 0 bridgehead atoms. The molecule has 9 nitrogen and oxygen atoms in total. The molecule has 2 aromatic rings. The number of halogens is 1. The first-order valence-electron chi connectivity index (χ1n) is 10.5. The first-order valence-corrected chi connectivity index (χ1v) is 10.5. The Bertz CT molecular complexity index is 957. The molecule has 2 saturated heterocycles. The van der Waals surface area contributed by atoms with Crippen LogP contribution in [0.5, 0.6) is 0 Å². The highest BCUT2D eigenvalue weighted by atomic mass is 35.5. The van der Waals surface area contributed by atoms with Crippen molar-refractivity contribution >= 4 is 30.1 Å². The average molecular weight is 431 g/mol. The van der Waals surface area contributed by atoms with E-state index in [9.17, 15) is 0 Å². The number of hydrogen-bond donors (Lipinski definition) is 2. The molecule has 0 unspecified atom stereocenters. The molecular formula is C20H27ClN8O. The van der Waals surface area contributed by atoms with Crippen LogP contribution in [-0.4, -0.2) is 70.9 Å². The van der Waals surface area contributed by atoms with E-state index in [0.29, 0.717) is 13.2 Å². The molecule has 1 saturated carbocycles. The zero-order chi connectivity index (χ0) is 19.6. The van der Waals surface area contributed by atoms with Crippen LogP contribution >= 0.6 is 12.4 Å². The first-order chi connectivity index (χ1) is 14.2. The molecule has 3 fully saturated rings. The second-order valence-corrected chi connectivity index (χ2v) is 8.66. The van der Waals surface area contributed by atoms with Crippen LogP contribution in [-0.2, 0) is 11.2 Å². The van der Waals surface area contributed by atoms with E-state index in [2.05, 4.69) is 32.0 Å². The Balaban J connectivity index is 0.00000193. The normalized spacial score (nSPS) is 29.4. The molecule has 4 aliphatic rings. The summed E-state index contributed by atoms with van der Waals surface area (Å²) in [4.78, 5) is 23.4. The van der Waals surface area contributed by atoms with Crippen LogP contribution in [0.25, 0.3) is 11.3 Å². The molecule has 0 spiro atoms. The molecule has 1 aliphatic carbocycles. The fourth-order valence-electron chi connectivity index (χ4n) is 5.26. The number of ether oxygens (including phenoxy) is 1. The number of hydrogen-bond acceptors (Lipinski definition) is 9. The van der Waals surface area contributed by atoms with E-state index in [0.717, 1.165) is 61.5 Å². The maximum atomic E-state index is 5.72. The fraction of sp³-hybridized carbons (Fsp3) is 0.600. The molecule has 10 heteroatoms. The summed E-state index contributed by atoms with van der Waals surface area (Å²) in [5.41, 5.74) is 9.00. The van der Waals surface area contributed by atoms with Gasteiger partial charge < -0.3 is 25.6 Å². The van der Waals surface area contributed by atoms with Crippen molar-refractivity contribution in [2.24, 2.45) is 5.92 Å². The second kappa shape index (κ2) is 7.18. The Morgan fingerprint density at radius 1 is 1.23 bits per heavy atom. The topological polar surface area (TPSA) is 105 Å². The Morgan fingerprint density at radius 2 is 2.07 bits per heavy atom. The van der Waals surface area contributed by atoms with E-state index in [4.69, 9.17) is 20.4 Å². The van der Waals surface area contributed by atoms with E-state index < -0.39 is 0 Å². The standard InChI is InChI=1S/C20H26N8O.ClH/c1-12-10-29-5-4-27(12)19-25-16(13-7-23-18(21)24-8-13)15-2-3-28(17(15)26-19)20-6-14(20)9-22-11-20;/h7-8,12,14,22H,2-6,9-11H2,1H3,(H2,21,23,24);1H/t12-,14+,20+;/m0./s1. The Hall–Kier alpha value is -2.23. The minimum Gasteiger partial charge on any atom is -0.377 e. The third kappa shape index (κ3) is 2.91. The van der Waals surface area contributed by atoms with Crippen LogP contribution in [0.1, 0.15) is 18.9 Å². The molecule has 5 heterocycles. The van der Waals surface area contributed by atoms with Gasteiger partial charge in [0.2, 0.25) is 11.9 Å². The quantitative estimate of drug-likeness (QED) is 0.734. The van der Waals surface area contributed by atoms with Crippen LogP contribution in [0.15, 0.2) is 12.4 Å². The van der Waals surface area contributed by atoms with Gasteiger partial charge in [0.25, 0.3) is 0 Å². The van der Waals surface area contributed by atoms with Crippen molar-refractivity contribution in [3.63, 3.8) is 0 Å². The van der Waals surface area contributed by atoms with Crippen molar-refractivity contribution in [1.82, 2.24) is 25.3 Å². The average Bonchev–Trinajstić information content (AvgIpc) is 3.08. The summed E-state index contributed by atoms with van der Waals surface area (Å²) >= 11 is 0. The maximum absolute atomic E-state index is 5.72. The Kier molecular flexibility index (Phi) is 4.72. The summed E-state index contributed by atoms with van der Waals surface area (Å²) in [5, 5.41) is 3.56. The number of piperidine rings is 1. The second-order valence-electron chi connectivity index (χ2n) is 8.66. The zero-order valence-electron chi connectivity index (χ0n) is 17.0. The van der Waals surface area contributed by atoms with Gasteiger partial charge in [-0.3, -0.25) is 0 Å². The van der Waals surface area contributed by atoms with Crippen molar-refractivity contribution < 1.29 is 4.74 Å². The molecule has 160 valence electrons. The number of nitrogen functional groups attached to an aromatic ring is 1. The molecule has 6 rings (SSSR count). The van der Waals surface area contributed by atoms with Gasteiger partial charge in [0.15, 0.2) is 0 Å². The van der Waals surface area contributed by atoms with Crippen molar-refractivity contribution in [2.75, 3.05) is 54.9 Å². The van der Waals surface area contributed by atoms with Gasteiger partial charge in [-0.05, 0) is 25.7 Å². The largest absolute Gasteiger partial charge is 0.377 e. The molecule has 3 aliphatic heterocycles. The van der Waals surface area contributed by atoms with Crippen LogP contribution in [0.3, 0.4) is 0 Å². The Labute approximate surface area is 181 Å². The lowest BCUT2D eigenvalue weighted by molar-refractivity contribution is 0.0981. The number of anilines is 3. The van der Waals surface area contributed by atoms with Gasteiger partial charge in [0.1, 0.15) is 5.82 Å². The molecule has 0 aromatic carbocycles. The smallest absolute Gasteiger partial charge is 0.228 e. The number of nitrogens with one attached hydrogen (secondary N) is 1. The summed E-state index contributed by atoms with van der Waals surface area (Å²) in [6.07, 6.45) is 5.75. The van der Waals surface area contributed by atoms with Crippen LogP contribution < -0.4 is 20.9 Å². The summed E-state index contributed by atoms with van der Waals surface area (Å²) in [6.45, 7) is 7.51. The molecule has 30 heavy (non-hydrogen) atoms. The summed E-state index contributed by atoms with van der Waals surface area (Å²) in [6, 6.07) is 0.243. The third-order valence-corrected chi connectivity index (χ3v) is 6.94. The van der Waals surface area contributed by atoms with Crippen molar-refractivity contribution in [3.8, 4) is 11.3 Å². The molecule has 3 N–H and O–H groups in total. The summed E-state index contributed by atoms with van der Waals surface area (Å²) in [7, 11) is 0. The van der Waals surface area contributed by atoms with E-state index >= 15 is 0 Å². The molecule has 3 atom stereocenters. The van der Waals surface area contributed by atoms with E-state index in [1.54, 1.807) is 12.4 Å². The van der Waals surface area contributed by atoms with Gasteiger partial charge in [0.05, 0.1) is 30.5 Å². The monoisotopic (exact) mass is 430 g/mol. The minimum absolute atomic E-state index is 0. The lowest BCUT2D eigenvalue weighted by Gasteiger charge is -2.34. The van der Waals surface area contributed by atoms with Gasteiger partial charge in [-0.1, -0.05) is 0 Å². The van der Waals surface area contributed by atoms with Gasteiger partial charge in [-0.15, -0.1) is 12.4 Å². The summed E-state index contributed by atoms with van der Waals surface area (Å²) < 4.78 is 5.63. The van der Waals surface area contributed by atoms with Gasteiger partial charge >= 0.3 is 0 Å². The van der Waals surface area contributed by atoms with Crippen molar-refractivity contribution in [2.45, 2.75) is 31.3 Å². The molecule has 0 radical (unpaired) electrons. The first kappa shape index (κ1) is 19.7. The number of morpholine rings is 1. The van der Waals surface area contributed by atoms with E-state index in [1.807, 2.05) is 0 Å². The molecule has 0 amide bonds. The highest BCUT2D eigenvalue weighted by Gasteiger charge is 2.62. The van der Waals surface area contributed by atoms with Gasteiger partial charge in [-0.2, -0.15) is 4.98 Å². The predicted molar refractivity (Wildman–Crippen MR) is 117 cm³/mol. The highest BCUT2D eigenvalue weighted by molar-refractivity contribution is 5.85. The minimum atomic E-state index is 0. The van der Waals surface area contributed by atoms with Crippen molar-refractivity contribution in [1.29, 1.82) is 0 Å². The third-order valence-electron chi connectivity index (χ3n) is 6.94. The predicted octanol–water partition coefficient (Wildman–Crippen LogP) is 0.887. The van der Waals surface area contributed by atoms with Gasteiger partial charge in [0, 0.05) is 49.7 Å². The van der Waals surface area contributed by atoms with Crippen LogP contribution in [0, 0.1) is 5.92 Å². The van der Waals surface area contributed by atoms with Crippen LogP contribution in [0.2, 0.25) is 0 Å². The molecule has 2 aromatic heterocycles. The number of fused-ring (bicyclic) bond motifs is 2. The summed E-state index contributed by atoms with van der Waals surface area (Å²) in [5.74, 6) is 2.88. The van der Waals surface area contributed by atoms with E-state index in [-0.39, 0.29) is 29.9 Å². The molecular weight excluding hydrogens is 404 g/mol. The lowest BCUT2D eigenvalue weighted by Crippen LogP contribution is -2.45. The van der Waals surface area contributed by atoms with Gasteiger partial charge in [-0.25, -0.2) is 15.0 Å². The fourth-order valence-corrected chi connectivity index (χ4v) is 5.26. The number of nitrogens with two attached hydrogens (primary N) is 1. The van der Waals surface area contributed by atoms with E-state index in [1.165, 1.54) is 12.0 Å². The van der Waals surface area contributed by atoms with Crippen molar-refractivity contribution in [3.05, 3.63) is 18.0 Å². The number of rotatable bonds is 3. The van der Waals surface area contributed by atoms with Crippen LogP contribution in [0.4, 0.5) is 17.7 Å². The number of nitrogens with zero attached hydrogens (tertiary/aromatic N) is 6. The lowest BCUT2D eigenvalue weighted by atomic mass is 10.1. The number of aromatic nitrogens is 4. The highest BCUT2D eigenvalue weighted by Crippen LogP contribution is 2.54. The SMILES string of the molecule is C[C@H]1COCCN1c1nc(-c2cnc(N)nc2)c2c(n1)N([C@]13CNC[C@H]1C3)CC2.Cl. The Morgan fingerprint density at radius 3 is 2.77 bits per heavy atom. The maximum Gasteiger partial charge on any atom is 0.228 e.